The summed E-state index contributed by atoms with van der Waals surface area (Å²) in [6.07, 6.45) is 0. The Balaban J connectivity index is -0.000000180. The van der Waals surface area contributed by atoms with Gasteiger partial charge in [-0.1, -0.05) is 0 Å². The number of hydrogen-bond acceptors (Lipinski definition) is 2. The molecular formula is C5H15LiN2. The molecular weight excluding hydrogens is 95.0 g/mol. The molecule has 0 spiro atoms. The second kappa shape index (κ2) is 7.52. The summed E-state index contributed by atoms with van der Waals surface area (Å²) in [4.78, 5) is 2.15. The molecule has 8 heavy (non-hydrogen) atoms. The van der Waals surface area contributed by atoms with E-state index in [1.165, 1.54) is 0 Å². The van der Waals surface area contributed by atoms with Crippen molar-refractivity contribution in [3.8, 4) is 0 Å². The summed E-state index contributed by atoms with van der Waals surface area (Å²) >= 11 is 0. The van der Waals surface area contributed by atoms with E-state index >= 15 is 0 Å². The predicted molar refractivity (Wildman–Crippen MR) is 33.6 cm³/mol. The van der Waals surface area contributed by atoms with Crippen molar-refractivity contribution >= 4 is 0 Å². The minimum Gasteiger partial charge on any atom is -1.00 e. The molecule has 0 heterocycles. The molecule has 0 aromatic carbocycles. The molecule has 0 aliphatic rings. The normalized spacial score (nSPS) is 9.00. The van der Waals surface area contributed by atoms with Crippen LogP contribution in [0.15, 0.2) is 0 Å². The molecule has 0 saturated heterocycles. The van der Waals surface area contributed by atoms with Gasteiger partial charge in [0.2, 0.25) is 0 Å². The Hall–Kier alpha value is 0.517. The van der Waals surface area contributed by atoms with Crippen LogP contribution in [-0.2, 0) is 0 Å². The summed E-state index contributed by atoms with van der Waals surface area (Å²) in [7, 11) is 6.10. The summed E-state index contributed by atoms with van der Waals surface area (Å²) in [5.74, 6) is 0. The van der Waals surface area contributed by atoms with Gasteiger partial charge in [0.1, 0.15) is 0 Å². The van der Waals surface area contributed by atoms with Crippen LogP contribution in [0.1, 0.15) is 1.43 Å². The third-order valence-corrected chi connectivity index (χ3v) is 0.809. The van der Waals surface area contributed by atoms with E-state index in [1.807, 2.05) is 7.05 Å². The van der Waals surface area contributed by atoms with E-state index in [-0.39, 0.29) is 20.3 Å². The zero-order chi connectivity index (χ0) is 5.70. The van der Waals surface area contributed by atoms with Crippen LogP contribution in [0.25, 0.3) is 0 Å². The number of nitrogens with zero attached hydrogens (tertiary/aromatic N) is 1. The molecule has 0 fully saturated rings. The van der Waals surface area contributed by atoms with Gasteiger partial charge in [-0.2, -0.15) is 0 Å². The van der Waals surface area contributed by atoms with E-state index in [2.05, 4.69) is 24.3 Å². The van der Waals surface area contributed by atoms with Gasteiger partial charge in [0, 0.05) is 13.1 Å². The van der Waals surface area contributed by atoms with Crippen LogP contribution in [0.2, 0.25) is 0 Å². The Morgan fingerprint density at radius 3 is 2.12 bits per heavy atom. The molecule has 0 aromatic heterocycles. The molecule has 0 radical (unpaired) electrons. The average molecular weight is 110 g/mol. The second-order valence-electron chi connectivity index (χ2n) is 1.91. The number of likely N-dealkylation sites (N-methyl/N-ethyl adjacent to an activating group) is 2. The Bertz CT molecular complexity index is 43.9. The second-order valence-corrected chi connectivity index (χ2v) is 1.91. The van der Waals surface area contributed by atoms with Crippen LogP contribution in [0.5, 0.6) is 0 Å². The van der Waals surface area contributed by atoms with Gasteiger partial charge in [-0.25, -0.2) is 0 Å². The largest absolute Gasteiger partial charge is 1.00 e. The third kappa shape index (κ3) is 9.72. The van der Waals surface area contributed by atoms with E-state index in [0.29, 0.717) is 0 Å². The fraction of sp³-hybridized carbons (Fsp3) is 1.00. The van der Waals surface area contributed by atoms with Gasteiger partial charge in [-0.15, -0.1) is 0 Å². The summed E-state index contributed by atoms with van der Waals surface area (Å²) in [6.45, 7) is 2.20. The van der Waals surface area contributed by atoms with Crippen LogP contribution in [-0.4, -0.2) is 39.1 Å². The maximum absolute atomic E-state index is 3.06. The van der Waals surface area contributed by atoms with E-state index in [0.717, 1.165) is 13.1 Å². The van der Waals surface area contributed by atoms with E-state index in [1.54, 1.807) is 0 Å². The van der Waals surface area contributed by atoms with Gasteiger partial charge in [0.15, 0.2) is 0 Å². The fourth-order valence-electron chi connectivity index (χ4n) is 0.335. The Morgan fingerprint density at radius 2 is 2.00 bits per heavy atom. The molecule has 3 heteroatoms. The van der Waals surface area contributed by atoms with Gasteiger partial charge in [0.05, 0.1) is 0 Å². The Kier molecular flexibility index (Phi) is 10.6. The number of hydrogen-bond donors (Lipinski definition) is 1. The first-order valence-electron chi connectivity index (χ1n) is 2.56. The zero-order valence-corrected chi connectivity index (χ0v) is 6.36. The van der Waals surface area contributed by atoms with Crippen molar-refractivity contribution in [2.75, 3.05) is 34.2 Å². The van der Waals surface area contributed by atoms with Crippen molar-refractivity contribution in [1.82, 2.24) is 10.2 Å². The molecule has 0 amide bonds. The van der Waals surface area contributed by atoms with E-state index < -0.39 is 0 Å². The van der Waals surface area contributed by atoms with E-state index in [9.17, 15) is 0 Å². The maximum atomic E-state index is 3.06. The first-order chi connectivity index (χ1) is 3.27. The van der Waals surface area contributed by atoms with Crippen LogP contribution >= 0.6 is 0 Å². The summed E-state index contributed by atoms with van der Waals surface area (Å²) < 4.78 is 0. The minimum absolute atomic E-state index is 0. The van der Waals surface area contributed by atoms with Gasteiger partial charge < -0.3 is 11.6 Å². The van der Waals surface area contributed by atoms with Gasteiger partial charge in [0.25, 0.3) is 0 Å². The van der Waals surface area contributed by atoms with Crippen molar-refractivity contribution in [3.05, 3.63) is 0 Å². The first-order valence-corrected chi connectivity index (χ1v) is 2.56. The van der Waals surface area contributed by atoms with Gasteiger partial charge in [-0.3, -0.25) is 0 Å². The Labute approximate surface area is 65.3 Å². The molecule has 1 N–H and O–H groups in total. The zero-order valence-electron chi connectivity index (χ0n) is 7.36. The number of nitrogens with one attached hydrogen (secondary N) is 1. The summed E-state index contributed by atoms with van der Waals surface area (Å²) in [5, 5.41) is 3.06. The van der Waals surface area contributed by atoms with Gasteiger partial charge >= 0.3 is 18.9 Å². The van der Waals surface area contributed by atoms with E-state index in [4.69, 9.17) is 0 Å². The molecule has 0 aromatic rings. The summed E-state index contributed by atoms with van der Waals surface area (Å²) in [6, 6.07) is 0. The number of rotatable bonds is 3. The van der Waals surface area contributed by atoms with Crippen molar-refractivity contribution in [2.24, 2.45) is 0 Å². The smallest absolute Gasteiger partial charge is 1.00 e. The molecule has 0 unspecified atom stereocenters. The summed E-state index contributed by atoms with van der Waals surface area (Å²) in [5.41, 5.74) is 0. The molecule has 46 valence electrons. The van der Waals surface area contributed by atoms with Crippen LogP contribution < -0.4 is 24.2 Å². The minimum atomic E-state index is 0. The molecule has 0 saturated carbocycles. The van der Waals surface area contributed by atoms with Crippen molar-refractivity contribution in [2.45, 2.75) is 0 Å². The quantitative estimate of drug-likeness (QED) is 0.387. The Morgan fingerprint density at radius 1 is 1.50 bits per heavy atom. The molecule has 2 nitrogen and oxygen atoms in total. The van der Waals surface area contributed by atoms with Crippen LogP contribution in [0.3, 0.4) is 0 Å². The fourth-order valence-corrected chi connectivity index (χ4v) is 0.335. The SMILES string of the molecule is CNCCN(C)C.[H-].[Li+]. The third-order valence-electron chi connectivity index (χ3n) is 0.809. The first kappa shape index (κ1) is 11.3. The predicted octanol–water partition coefficient (Wildman–Crippen LogP) is -3.12. The van der Waals surface area contributed by atoms with Crippen molar-refractivity contribution in [3.63, 3.8) is 0 Å². The van der Waals surface area contributed by atoms with Crippen LogP contribution in [0, 0.1) is 0 Å². The van der Waals surface area contributed by atoms with Crippen molar-refractivity contribution in [1.29, 1.82) is 0 Å². The standard InChI is InChI=1S/C5H14N2.Li.H/c1-6-4-5-7(2)3;;/h6H,4-5H2,1-3H3;;/q;+1;-1. The average Bonchev–Trinajstić information content (AvgIpc) is 1.61. The van der Waals surface area contributed by atoms with Crippen LogP contribution in [0.4, 0.5) is 0 Å². The van der Waals surface area contributed by atoms with Gasteiger partial charge in [-0.05, 0) is 21.1 Å². The molecule has 0 aliphatic heterocycles. The molecule has 0 aliphatic carbocycles. The topological polar surface area (TPSA) is 15.3 Å². The molecule has 0 atom stereocenters. The maximum Gasteiger partial charge on any atom is 1.00 e. The monoisotopic (exact) mass is 110 g/mol. The molecule has 0 rings (SSSR count). The molecule has 0 bridgehead atoms. The van der Waals surface area contributed by atoms with Crippen molar-refractivity contribution < 1.29 is 20.3 Å².